The van der Waals surface area contributed by atoms with Crippen molar-refractivity contribution in [3.05, 3.63) is 58.8 Å². The molecule has 2 amide bonds. The van der Waals surface area contributed by atoms with Gasteiger partial charge in [-0.25, -0.2) is 4.98 Å². The topological polar surface area (TPSA) is 99.8 Å². The summed E-state index contributed by atoms with van der Waals surface area (Å²) in [5.41, 5.74) is 3.42. The molecule has 4 rings (SSSR count). The Morgan fingerprint density at radius 1 is 1.30 bits per heavy atom. The maximum atomic E-state index is 12.3. The van der Waals surface area contributed by atoms with Crippen LogP contribution in [0.2, 0.25) is 5.02 Å². The van der Waals surface area contributed by atoms with Gasteiger partial charge in [0.2, 0.25) is 5.91 Å². The number of nitrogens with zero attached hydrogens (tertiary/aromatic N) is 2. The number of hydrogen-bond donors (Lipinski definition) is 3. The average Bonchev–Trinajstić information content (AvgIpc) is 3.06. The number of fused-ring (bicyclic) bond motifs is 3. The molecule has 3 N–H and O–H groups in total. The number of amides is 2. The summed E-state index contributed by atoms with van der Waals surface area (Å²) in [5, 5.41) is 7.37. The number of benzene rings is 1. The van der Waals surface area contributed by atoms with Crippen molar-refractivity contribution in [1.29, 1.82) is 0 Å². The number of nitrogens with one attached hydrogen (secondary N) is 3. The van der Waals surface area contributed by atoms with Crippen molar-refractivity contribution in [1.82, 2.24) is 25.6 Å². The summed E-state index contributed by atoms with van der Waals surface area (Å²) < 4.78 is 0. The quantitative estimate of drug-likeness (QED) is 0.644. The summed E-state index contributed by atoms with van der Waals surface area (Å²) in [4.78, 5) is 35.5. The van der Waals surface area contributed by atoms with E-state index in [1.165, 1.54) is 24.2 Å². The summed E-state index contributed by atoms with van der Waals surface area (Å²) >= 11 is 6.13. The number of aromatic nitrogens is 3. The number of aromatic amines is 1. The van der Waals surface area contributed by atoms with E-state index in [-0.39, 0.29) is 24.2 Å². The summed E-state index contributed by atoms with van der Waals surface area (Å²) in [6.45, 7) is -0.118. The predicted molar refractivity (Wildman–Crippen MR) is 101 cm³/mol. The normalized spacial score (nSPS) is 16.0. The molecule has 1 atom stereocenters. The standard InChI is InChI=1S/C19H18ClN5O2/c20-11-4-5-14-13(8-11)12-2-1-3-15(18(12)25-14)24-17(26)10-23-19(27)16-9-21-6-7-22-16/h4-9,15,25H,1-3,10H2,(H,23,27)(H,24,26)/t15-/m0/s1. The Morgan fingerprint density at radius 3 is 3.00 bits per heavy atom. The molecule has 8 heteroatoms. The first-order chi connectivity index (χ1) is 13.1. The van der Waals surface area contributed by atoms with Gasteiger partial charge in [-0.05, 0) is 43.0 Å². The van der Waals surface area contributed by atoms with E-state index in [1.54, 1.807) is 0 Å². The van der Waals surface area contributed by atoms with Crippen LogP contribution in [0.3, 0.4) is 0 Å². The predicted octanol–water partition coefficient (Wildman–Crippen LogP) is 2.53. The van der Waals surface area contributed by atoms with Gasteiger partial charge in [0.1, 0.15) is 5.69 Å². The number of aryl methyl sites for hydroxylation is 1. The molecular formula is C19H18ClN5O2. The fraction of sp³-hybridized carbons (Fsp3) is 0.263. The van der Waals surface area contributed by atoms with Gasteiger partial charge in [0.15, 0.2) is 0 Å². The summed E-state index contributed by atoms with van der Waals surface area (Å²) in [6, 6.07) is 5.65. The van der Waals surface area contributed by atoms with Gasteiger partial charge in [-0.2, -0.15) is 0 Å². The molecule has 0 saturated carbocycles. The molecule has 0 unspecified atom stereocenters. The number of halogens is 1. The number of carbonyl (C=O) groups excluding carboxylic acids is 2. The molecule has 27 heavy (non-hydrogen) atoms. The van der Waals surface area contributed by atoms with Crippen LogP contribution < -0.4 is 10.6 Å². The Balaban J connectivity index is 1.44. The van der Waals surface area contributed by atoms with Crippen molar-refractivity contribution in [3.8, 4) is 0 Å². The zero-order chi connectivity index (χ0) is 18.8. The maximum Gasteiger partial charge on any atom is 0.271 e. The summed E-state index contributed by atoms with van der Waals surface area (Å²) in [7, 11) is 0. The Hall–Kier alpha value is -2.93. The van der Waals surface area contributed by atoms with Crippen molar-refractivity contribution in [2.24, 2.45) is 0 Å². The van der Waals surface area contributed by atoms with Crippen molar-refractivity contribution in [2.75, 3.05) is 6.54 Å². The zero-order valence-electron chi connectivity index (χ0n) is 14.5. The summed E-state index contributed by atoms with van der Waals surface area (Å²) in [5.74, 6) is -0.676. The van der Waals surface area contributed by atoms with E-state index in [4.69, 9.17) is 11.6 Å². The van der Waals surface area contributed by atoms with Crippen LogP contribution in [0.25, 0.3) is 10.9 Å². The minimum atomic E-state index is -0.428. The number of rotatable bonds is 4. The lowest BCUT2D eigenvalue weighted by molar-refractivity contribution is -0.121. The lowest BCUT2D eigenvalue weighted by Gasteiger charge is -2.24. The van der Waals surface area contributed by atoms with E-state index in [9.17, 15) is 9.59 Å². The second kappa shape index (κ2) is 7.36. The monoisotopic (exact) mass is 383 g/mol. The minimum absolute atomic E-state index is 0.110. The molecule has 2 aromatic heterocycles. The van der Waals surface area contributed by atoms with Crippen LogP contribution in [0.15, 0.2) is 36.8 Å². The van der Waals surface area contributed by atoms with Crippen LogP contribution in [0.1, 0.15) is 40.6 Å². The molecule has 2 heterocycles. The molecule has 1 aromatic carbocycles. The Morgan fingerprint density at radius 2 is 2.19 bits per heavy atom. The highest BCUT2D eigenvalue weighted by Crippen LogP contribution is 2.35. The first-order valence-electron chi connectivity index (χ1n) is 8.75. The zero-order valence-corrected chi connectivity index (χ0v) is 15.2. The third-order valence-electron chi connectivity index (χ3n) is 4.71. The molecule has 0 saturated heterocycles. The molecule has 7 nitrogen and oxygen atoms in total. The van der Waals surface area contributed by atoms with E-state index in [0.29, 0.717) is 5.02 Å². The first-order valence-corrected chi connectivity index (χ1v) is 9.13. The van der Waals surface area contributed by atoms with Crippen LogP contribution in [0, 0.1) is 0 Å². The third-order valence-corrected chi connectivity index (χ3v) is 4.94. The lowest BCUT2D eigenvalue weighted by atomic mass is 9.91. The molecule has 0 spiro atoms. The van der Waals surface area contributed by atoms with Gasteiger partial charge in [-0.3, -0.25) is 14.6 Å². The first kappa shape index (κ1) is 17.5. The lowest BCUT2D eigenvalue weighted by Crippen LogP contribution is -2.39. The molecule has 0 bridgehead atoms. The fourth-order valence-corrected chi connectivity index (χ4v) is 3.66. The van der Waals surface area contributed by atoms with Crippen LogP contribution in [-0.2, 0) is 11.2 Å². The molecule has 1 aliphatic rings. The molecule has 0 radical (unpaired) electrons. The van der Waals surface area contributed by atoms with Crippen LogP contribution in [0.5, 0.6) is 0 Å². The SMILES string of the molecule is O=C(CNC(=O)c1cnccn1)N[C@H]1CCCc2c1[nH]c1ccc(Cl)cc21. The largest absolute Gasteiger partial charge is 0.356 e. The van der Waals surface area contributed by atoms with Gasteiger partial charge in [0.05, 0.1) is 18.8 Å². The number of H-pyrrole nitrogens is 1. The van der Waals surface area contributed by atoms with E-state index >= 15 is 0 Å². The minimum Gasteiger partial charge on any atom is -0.356 e. The molecule has 0 fully saturated rings. The van der Waals surface area contributed by atoms with Gasteiger partial charge in [0, 0.05) is 34.0 Å². The molecule has 1 aliphatic carbocycles. The highest BCUT2D eigenvalue weighted by Gasteiger charge is 2.25. The van der Waals surface area contributed by atoms with Crippen molar-refractivity contribution < 1.29 is 9.59 Å². The van der Waals surface area contributed by atoms with Gasteiger partial charge >= 0.3 is 0 Å². The Kier molecular flexibility index (Phi) is 4.77. The second-order valence-electron chi connectivity index (χ2n) is 6.49. The highest BCUT2D eigenvalue weighted by atomic mass is 35.5. The molecule has 3 aromatic rings. The van der Waals surface area contributed by atoms with E-state index in [2.05, 4.69) is 25.6 Å². The third kappa shape index (κ3) is 3.64. The summed E-state index contributed by atoms with van der Waals surface area (Å²) in [6.07, 6.45) is 7.04. The van der Waals surface area contributed by atoms with Crippen LogP contribution in [0.4, 0.5) is 0 Å². The van der Waals surface area contributed by atoms with E-state index < -0.39 is 5.91 Å². The van der Waals surface area contributed by atoms with Crippen LogP contribution in [-0.4, -0.2) is 33.3 Å². The molecule has 138 valence electrons. The molecule has 0 aliphatic heterocycles. The smallest absolute Gasteiger partial charge is 0.271 e. The Labute approximate surface area is 160 Å². The number of hydrogen-bond acceptors (Lipinski definition) is 4. The Bertz CT molecular complexity index is 1000. The van der Waals surface area contributed by atoms with Crippen molar-refractivity contribution in [2.45, 2.75) is 25.3 Å². The van der Waals surface area contributed by atoms with Gasteiger partial charge < -0.3 is 15.6 Å². The van der Waals surface area contributed by atoms with E-state index in [0.717, 1.165) is 35.9 Å². The second-order valence-corrected chi connectivity index (χ2v) is 6.93. The van der Waals surface area contributed by atoms with Crippen molar-refractivity contribution >= 4 is 34.3 Å². The van der Waals surface area contributed by atoms with Gasteiger partial charge in [-0.1, -0.05) is 11.6 Å². The fourth-order valence-electron chi connectivity index (χ4n) is 3.49. The van der Waals surface area contributed by atoms with Gasteiger partial charge in [-0.15, -0.1) is 0 Å². The molecular weight excluding hydrogens is 366 g/mol. The average molecular weight is 384 g/mol. The van der Waals surface area contributed by atoms with Crippen molar-refractivity contribution in [3.63, 3.8) is 0 Å². The van der Waals surface area contributed by atoms with Gasteiger partial charge in [0.25, 0.3) is 5.91 Å². The highest BCUT2D eigenvalue weighted by molar-refractivity contribution is 6.31. The van der Waals surface area contributed by atoms with E-state index in [1.807, 2.05) is 18.2 Å². The maximum absolute atomic E-state index is 12.3. The van der Waals surface area contributed by atoms with Crippen LogP contribution >= 0.6 is 11.6 Å². The number of carbonyl (C=O) groups is 2.